The molecule has 1 N–H and O–H groups in total. The number of carbonyl (C=O) groups is 2. The third kappa shape index (κ3) is 3.04. The Bertz CT molecular complexity index is 1190. The highest BCUT2D eigenvalue weighted by Gasteiger charge is 2.64. The second-order valence-corrected chi connectivity index (χ2v) is 9.36. The fourth-order valence-corrected chi connectivity index (χ4v) is 5.58. The van der Waals surface area contributed by atoms with E-state index in [0.29, 0.717) is 17.3 Å². The fourth-order valence-electron chi connectivity index (χ4n) is 5.09. The maximum Gasteiger partial charge on any atom is 0.250 e. The topological polar surface area (TPSA) is 62.3 Å². The van der Waals surface area contributed by atoms with Crippen molar-refractivity contribution in [3.8, 4) is 0 Å². The average Bonchev–Trinajstić information content (AvgIpc) is 3.24. The van der Waals surface area contributed by atoms with Crippen molar-refractivity contribution in [2.45, 2.75) is 11.5 Å². The van der Waals surface area contributed by atoms with E-state index in [1.165, 1.54) is 0 Å². The van der Waals surface area contributed by atoms with Gasteiger partial charge in [-0.3, -0.25) is 19.5 Å². The van der Waals surface area contributed by atoms with Crippen LogP contribution in [0.5, 0.6) is 0 Å². The van der Waals surface area contributed by atoms with Gasteiger partial charge in [0.05, 0.1) is 5.92 Å². The summed E-state index contributed by atoms with van der Waals surface area (Å²) in [6.07, 6.45) is 1.61. The second kappa shape index (κ2) is 7.55. The maximum absolute atomic E-state index is 13.9. The van der Waals surface area contributed by atoms with Crippen LogP contribution in [-0.4, -0.2) is 35.2 Å². The van der Waals surface area contributed by atoms with Gasteiger partial charge in [-0.2, -0.15) is 0 Å². The number of pyridine rings is 1. The number of hydrogen-bond donors (Lipinski definition) is 1. The van der Waals surface area contributed by atoms with Crippen LogP contribution >= 0.6 is 27.5 Å². The van der Waals surface area contributed by atoms with Crippen molar-refractivity contribution >= 4 is 44.9 Å². The van der Waals surface area contributed by atoms with E-state index in [0.717, 1.165) is 21.3 Å². The minimum Gasteiger partial charge on any atom is -0.324 e. The Labute approximate surface area is 193 Å². The number of rotatable bonds is 3. The molecule has 0 saturated carbocycles. The summed E-state index contributed by atoms with van der Waals surface area (Å²) in [5.74, 6) is -1.18. The van der Waals surface area contributed by atoms with Crippen molar-refractivity contribution in [3.63, 3.8) is 0 Å². The Morgan fingerprint density at radius 2 is 1.97 bits per heavy atom. The van der Waals surface area contributed by atoms with Crippen LogP contribution in [0.2, 0.25) is 5.02 Å². The van der Waals surface area contributed by atoms with Crippen molar-refractivity contribution in [2.24, 2.45) is 5.92 Å². The van der Waals surface area contributed by atoms with E-state index in [2.05, 4.69) is 26.2 Å². The van der Waals surface area contributed by atoms with Gasteiger partial charge in [-0.05, 0) is 55.1 Å². The number of nitrogens with zero attached hydrogens (tertiary/aromatic N) is 2. The number of hydrogen-bond acceptors (Lipinski definition) is 4. The van der Waals surface area contributed by atoms with Gasteiger partial charge in [0.2, 0.25) is 5.91 Å². The number of benzene rings is 2. The number of carbonyl (C=O) groups excluding carboxylic acids is 2. The molecule has 1 amide bonds. The molecule has 2 aliphatic heterocycles. The van der Waals surface area contributed by atoms with Crippen molar-refractivity contribution < 1.29 is 9.59 Å². The first-order valence-electron chi connectivity index (χ1n) is 9.96. The van der Waals surface area contributed by atoms with E-state index in [9.17, 15) is 9.59 Å². The van der Waals surface area contributed by atoms with Crippen LogP contribution in [0.1, 0.15) is 27.5 Å². The Hall–Kier alpha value is -2.54. The number of fused-ring (bicyclic) bond motifs is 2. The van der Waals surface area contributed by atoms with Crippen molar-refractivity contribution in [1.29, 1.82) is 0 Å². The smallest absolute Gasteiger partial charge is 0.250 e. The molecule has 31 heavy (non-hydrogen) atoms. The molecule has 1 aromatic heterocycles. The number of amides is 1. The Morgan fingerprint density at radius 1 is 1.19 bits per heavy atom. The predicted octanol–water partition coefficient (Wildman–Crippen LogP) is 4.87. The molecule has 7 heteroatoms. The molecule has 156 valence electrons. The van der Waals surface area contributed by atoms with E-state index in [4.69, 9.17) is 11.6 Å². The van der Waals surface area contributed by atoms with Crippen LogP contribution in [0, 0.1) is 5.92 Å². The summed E-state index contributed by atoms with van der Waals surface area (Å²) in [6, 6.07) is 18.5. The summed E-state index contributed by atoms with van der Waals surface area (Å²) in [5.41, 5.74) is 1.74. The SMILES string of the molecule is CN1C[C@H](c2ccc(Cl)cc2)[C@H](C(=O)c2ccccn2)[C@@]12C(=O)Nc1ccc(Br)cc12. The molecule has 1 fully saturated rings. The van der Waals surface area contributed by atoms with Gasteiger partial charge < -0.3 is 5.32 Å². The van der Waals surface area contributed by atoms with Crippen LogP contribution in [0.4, 0.5) is 5.69 Å². The summed E-state index contributed by atoms with van der Waals surface area (Å²) in [5, 5.41) is 3.64. The number of likely N-dealkylation sites (tertiary alicyclic amines) is 1. The van der Waals surface area contributed by atoms with E-state index < -0.39 is 11.5 Å². The van der Waals surface area contributed by atoms with Crippen LogP contribution in [0.3, 0.4) is 0 Å². The summed E-state index contributed by atoms with van der Waals surface area (Å²) < 4.78 is 0.856. The van der Waals surface area contributed by atoms with E-state index in [-0.39, 0.29) is 17.6 Å². The molecular weight excluding hydrogens is 478 g/mol. The summed E-state index contributed by atoms with van der Waals surface area (Å²) in [7, 11) is 1.91. The van der Waals surface area contributed by atoms with Crippen molar-refractivity contribution in [1.82, 2.24) is 9.88 Å². The van der Waals surface area contributed by atoms with E-state index in [1.807, 2.05) is 54.4 Å². The van der Waals surface area contributed by atoms with Gasteiger partial charge in [0.15, 0.2) is 5.78 Å². The predicted molar refractivity (Wildman–Crippen MR) is 123 cm³/mol. The maximum atomic E-state index is 13.9. The molecule has 0 unspecified atom stereocenters. The Morgan fingerprint density at radius 3 is 2.68 bits per heavy atom. The van der Waals surface area contributed by atoms with Gasteiger partial charge >= 0.3 is 0 Å². The molecule has 0 bridgehead atoms. The first-order chi connectivity index (χ1) is 14.9. The zero-order valence-electron chi connectivity index (χ0n) is 16.7. The first-order valence-corrected chi connectivity index (χ1v) is 11.1. The van der Waals surface area contributed by atoms with Crippen LogP contribution in [-0.2, 0) is 10.3 Å². The number of ketones is 1. The number of aromatic nitrogens is 1. The van der Waals surface area contributed by atoms with E-state index in [1.54, 1.807) is 24.4 Å². The molecular formula is C24H19BrClN3O2. The molecule has 0 radical (unpaired) electrons. The van der Waals surface area contributed by atoms with Gasteiger partial charge in [-0.25, -0.2) is 0 Å². The summed E-state index contributed by atoms with van der Waals surface area (Å²) in [4.78, 5) is 33.8. The lowest BCUT2D eigenvalue weighted by Gasteiger charge is -2.35. The second-order valence-electron chi connectivity index (χ2n) is 8.01. The Kier molecular flexibility index (Phi) is 4.96. The molecule has 0 aliphatic carbocycles. The van der Waals surface area contributed by atoms with Gasteiger partial charge in [-0.1, -0.05) is 45.7 Å². The highest BCUT2D eigenvalue weighted by Crippen LogP contribution is 2.55. The zero-order valence-corrected chi connectivity index (χ0v) is 19.0. The van der Waals surface area contributed by atoms with Crippen LogP contribution in [0.25, 0.3) is 0 Å². The molecule has 2 aliphatic rings. The lowest BCUT2D eigenvalue weighted by atomic mass is 9.71. The van der Waals surface area contributed by atoms with Crippen molar-refractivity contribution in [2.75, 3.05) is 18.9 Å². The Balaban J connectivity index is 1.74. The zero-order chi connectivity index (χ0) is 21.8. The van der Waals surface area contributed by atoms with E-state index >= 15 is 0 Å². The van der Waals surface area contributed by atoms with Gasteiger partial charge in [0.1, 0.15) is 11.2 Å². The number of nitrogens with one attached hydrogen (secondary N) is 1. The fraction of sp³-hybridized carbons (Fsp3) is 0.208. The highest BCUT2D eigenvalue weighted by molar-refractivity contribution is 9.10. The van der Waals surface area contributed by atoms with Gasteiger partial charge in [0.25, 0.3) is 0 Å². The average molecular weight is 497 g/mol. The summed E-state index contributed by atoms with van der Waals surface area (Å²) >= 11 is 9.65. The number of likely N-dealkylation sites (N-methyl/N-ethyl adjacent to an activating group) is 1. The molecule has 3 heterocycles. The molecule has 5 nitrogen and oxygen atoms in total. The molecule has 3 atom stereocenters. The minimum absolute atomic E-state index is 0.145. The van der Waals surface area contributed by atoms with Crippen molar-refractivity contribution in [3.05, 3.63) is 93.2 Å². The standard InChI is InChI=1S/C24H19BrClN3O2/c1-29-13-17(14-5-8-16(26)9-6-14)21(22(30)20-4-2-3-11-27-20)24(29)18-12-15(25)7-10-19(18)28-23(24)31/h2-12,17,21H,13H2,1H3,(H,28,31)/t17-,21-,24+/m1/s1. The minimum atomic E-state index is -1.13. The molecule has 2 aromatic carbocycles. The normalized spacial score (nSPS) is 24.9. The van der Waals surface area contributed by atoms with Crippen LogP contribution < -0.4 is 5.32 Å². The quantitative estimate of drug-likeness (QED) is 0.525. The van der Waals surface area contributed by atoms with Gasteiger partial charge in [0, 0.05) is 39.4 Å². The monoisotopic (exact) mass is 495 g/mol. The highest BCUT2D eigenvalue weighted by atomic mass is 79.9. The lowest BCUT2D eigenvalue weighted by Crippen LogP contribution is -2.51. The molecule has 1 saturated heterocycles. The first kappa shape index (κ1) is 20.4. The van der Waals surface area contributed by atoms with Crippen LogP contribution in [0.15, 0.2) is 71.3 Å². The molecule has 5 rings (SSSR count). The van der Waals surface area contributed by atoms with Gasteiger partial charge in [-0.15, -0.1) is 0 Å². The number of halogens is 2. The number of Topliss-reactive ketones (excluding diaryl/α,β-unsaturated/α-hetero) is 1. The third-order valence-corrected chi connectivity index (χ3v) is 7.15. The summed E-state index contributed by atoms with van der Waals surface area (Å²) in [6.45, 7) is 0.546. The third-order valence-electron chi connectivity index (χ3n) is 6.41. The lowest BCUT2D eigenvalue weighted by molar-refractivity contribution is -0.126. The largest absolute Gasteiger partial charge is 0.324 e. The molecule has 1 spiro atoms. The molecule has 3 aromatic rings. The number of anilines is 1.